The molecule has 2 aromatic rings. The summed E-state index contributed by atoms with van der Waals surface area (Å²) < 4.78 is 24.7. The lowest BCUT2D eigenvalue weighted by atomic mass is 9.85. The molecule has 4 rings (SSSR count). The Kier molecular flexibility index (Phi) is 6.92. The van der Waals surface area contributed by atoms with E-state index in [0.29, 0.717) is 26.1 Å². The number of rotatable bonds is 9. The van der Waals surface area contributed by atoms with E-state index in [1.165, 1.54) is 34.4 Å². The minimum atomic E-state index is -0.693. The third kappa shape index (κ3) is 5.19. The first-order chi connectivity index (χ1) is 15.4. The number of benzene rings is 2. The second kappa shape index (κ2) is 9.84. The van der Waals surface area contributed by atoms with Crippen molar-refractivity contribution in [2.24, 2.45) is 5.92 Å². The zero-order valence-electron chi connectivity index (χ0n) is 18.6. The molecule has 1 saturated heterocycles. The number of hydrogen-bond acceptors (Lipinski definition) is 4. The van der Waals surface area contributed by atoms with Crippen molar-refractivity contribution in [2.45, 2.75) is 32.3 Å². The number of aliphatic carboxylic acids is 1. The van der Waals surface area contributed by atoms with Crippen LogP contribution in [-0.4, -0.2) is 55.4 Å². The number of carboxylic acid groups (broad SMARTS) is 1. The van der Waals surface area contributed by atoms with E-state index in [4.69, 9.17) is 14.6 Å². The van der Waals surface area contributed by atoms with Crippen LogP contribution < -0.4 is 4.74 Å². The van der Waals surface area contributed by atoms with Gasteiger partial charge in [-0.25, -0.2) is 4.39 Å². The summed E-state index contributed by atoms with van der Waals surface area (Å²) in [5, 5.41) is 9.07. The van der Waals surface area contributed by atoms with Crippen LogP contribution >= 0.6 is 0 Å². The second-order valence-electron chi connectivity index (χ2n) is 8.78. The minimum Gasteiger partial charge on any atom is -0.491 e. The van der Waals surface area contributed by atoms with Gasteiger partial charge in [0.2, 0.25) is 0 Å². The van der Waals surface area contributed by atoms with Gasteiger partial charge < -0.3 is 14.6 Å². The summed E-state index contributed by atoms with van der Waals surface area (Å²) in [6.45, 7) is 4.72. The van der Waals surface area contributed by atoms with E-state index in [9.17, 15) is 9.18 Å². The van der Waals surface area contributed by atoms with Gasteiger partial charge in [0.1, 0.15) is 18.2 Å². The van der Waals surface area contributed by atoms with Gasteiger partial charge in [0.15, 0.2) is 0 Å². The molecule has 2 aliphatic rings. The maximum absolute atomic E-state index is 13.1. The lowest BCUT2D eigenvalue weighted by Gasteiger charge is -2.38. The highest BCUT2D eigenvalue weighted by molar-refractivity contribution is 5.73. The number of fused-ring (bicyclic) bond motifs is 1. The minimum absolute atomic E-state index is 0.115. The summed E-state index contributed by atoms with van der Waals surface area (Å²) in [6, 6.07) is 12.7. The van der Waals surface area contributed by atoms with Gasteiger partial charge in [0, 0.05) is 33.2 Å². The fraction of sp³-hybridized carbons (Fsp3) is 0.423. The molecule has 1 aliphatic heterocycles. The molecule has 0 saturated carbocycles. The normalized spacial score (nSPS) is 17.6. The van der Waals surface area contributed by atoms with Crippen molar-refractivity contribution < 1.29 is 23.8 Å². The molecule has 170 valence electrons. The Morgan fingerprint density at radius 3 is 2.62 bits per heavy atom. The van der Waals surface area contributed by atoms with Crippen molar-refractivity contribution in [3.63, 3.8) is 0 Å². The van der Waals surface area contributed by atoms with Crippen LogP contribution in [0.4, 0.5) is 4.39 Å². The molecule has 6 heteroatoms. The number of carbonyl (C=O) groups is 1. The summed E-state index contributed by atoms with van der Waals surface area (Å²) in [4.78, 5) is 13.2. The Hall–Kier alpha value is -2.70. The van der Waals surface area contributed by atoms with Crippen LogP contribution in [-0.2, 0) is 22.4 Å². The van der Waals surface area contributed by atoms with Crippen molar-refractivity contribution in [3.8, 4) is 5.75 Å². The van der Waals surface area contributed by atoms with E-state index >= 15 is 0 Å². The lowest BCUT2D eigenvalue weighted by molar-refractivity contribution is -0.147. The maximum Gasteiger partial charge on any atom is 0.309 e. The molecule has 0 bridgehead atoms. The number of allylic oxidation sites excluding steroid dienone is 1. The number of nitrogens with zero attached hydrogens (tertiary/aromatic N) is 1. The molecule has 0 radical (unpaired) electrons. The molecule has 1 heterocycles. The molecule has 1 unspecified atom stereocenters. The molecular weight excluding hydrogens is 409 g/mol. The average molecular weight is 440 g/mol. The Balaban J connectivity index is 1.35. The van der Waals surface area contributed by atoms with Crippen LogP contribution in [0.25, 0.3) is 5.57 Å². The fourth-order valence-electron chi connectivity index (χ4n) is 4.50. The van der Waals surface area contributed by atoms with Crippen LogP contribution in [0.15, 0.2) is 48.0 Å². The van der Waals surface area contributed by atoms with Gasteiger partial charge in [-0.3, -0.25) is 9.69 Å². The van der Waals surface area contributed by atoms with Crippen molar-refractivity contribution in [1.29, 1.82) is 0 Å². The van der Waals surface area contributed by atoms with E-state index in [-0.39, 0.29) is 17.8 Å². The monoisotopic (exact) mass is 439 g/mol. The number of methoxy groups -OCH3 is 1. The highest BCUT2D eigenvalue weighted by atomic mass is 19.1. The number of carboxylic acids is 1. The van der Waals surface area contributed by atoms with Crippen LogP contribution in [0.2, 0.25) is 0 Å². The molecule has 1 atom stereocenters. The first kappa shape index (κ1) is 22.5. The maximum atomic E-state index is 13.1. The summed E-state index contributed by atoms with van der Waals surface area (Å²) in [5.74, 6) is -0.324. The van der Waals surface area contributed by atoms with Gasteiger partial charge in [-0.1, -0.05) is 23.8 Å². The molecule has 0 amide bonds. The van der Waals surface area contributed by atoms with Crippen LogP contribution in [0.1, 0.15) is 30.0 Å². The molecule has 1 fully saturated rings. The zero-order valence-corrected chi connectivity index (χ0v) is 18.6. The van der Waals surface area contributed by atoms with E-state index in [0.717, 1.165) is 30.7 Å². The standard InChI is InChI=1S/C26H30FNO4/c1-17-20(13-28-14-21(15-28)26(29)30)6-5-19-12-23(9-10-25(17)19)32-16-24(31-2)11-18-3-7-22(27)8-4-18/h3-4,7-10,12,21,24H,5-6,11,13-16H2,1-2H3,(H,29,30). The van der Waals surface area contributed by atoms with E-state index in [1.807, 2.05) is 6.07 Å². The largest absolute Gasteiger partial charge is 0.491 e. The first-order valence-corrected chi connectivity index (χ1v) is 11.1. The van der Waals surface area contributed by atoms with Crippen molar-refractivity contribution >= 4 is 11.5 Å². The molecule has 2 aromatic carbocycles. The molecular formula is C26H30FNO4. The highest BCUT2D eigenvalue weighted by Gasteiger charge is 2.33. The van der Waals surface area contributed by atoms with Crippen molar-refractivity contribution in [1.82, 2.24) is 4.90 Å². The number of ether oxygens (including phenoxy) is 2. The van der Waals surface area contributed by atoms with Gasteiger partial charge in [-0.05, 0) is 66.3 Å². The van der Waals surface area contributed by atoms with Gasteiger partial charge in [0.25, 0.3) is 0 Å². The van der Waals surface area contributed by atoms with Crippen LogP contribution in [0, 0.1) is 11.7 Å². The highest BCUT2D eigenvalue weighted by Crippen LogP contribution is 2.34. The number of halogens is 1. The summed E-state index contributed by atoms with van der Waals surface area (Å²) in [7, 11) is 1.66. The molecule has 1 aliphatic carbocycles. The number of hydrogen-bond donors (Lipinski definition) is 1. The molecule has 32 heavy (non-hydrogen) atoms. The Morgan fingerprint density at radius 2 is 1.94 bits per heavy atom. The summed E-state index contributed by atoms with van der Waals surface area (Å²) in [6.07, 6.45) is 2.49. The zero-order chi connectivity index (χ0) is 22.7. The average Bonchev–Trinajstić information content (AvgIpc) is 2.75. The van der Waals surface area contributed by atoms with E-state index in [2.05, 4.69) is 24.0 Å². The molecule has 5 nitrogen and oxygen atoms in total. The van der Waals surface area contributed by atoms with Crippen molar-refractivity contribution in [2.75, 3.05) is 33.4 Å². The lowest BCUT2D eigenvalue weighted by Crippen LogP contribution is -2.50. The van der Waals surface area contributed by atoms with Gasteiger partial charge >= 0.3 is 5.97 Å². The van der Waals surface area contributed by atoms with Crippen molar-refractivity contribution in [3.05, 3.63) is 70.5 Å². The third-order valence-electron chi connectivity index (χ3n) is 6.57. The second-order valence-corrected chi connectivity index (χ2v) is 8.78. The fourth-order valence-corrected chi connectivity index (χ4v) is 4.50. The Labute approximate surface area is 188 Å². The predicted octanol–water partition coefficient (Wildman–Crippen LogP) is 4.20. The van der Waals surface area contributed by atoms with Gasteiger partial charge in [0.05, 0.1) is 12.0 Å². The summed E-state index contributed by atoms with van der Waals surface area (Å²) >= 11 is 0. The van der Waals surface area contributed by atoms with E-state index < -0.39 is 5.97 Å². The SMILES string of the molecule is COC(COc1ccc2c(c1)CCC(CN1CC(C(=O)O)C1)=C2C)Cc1ccc(F)cc1. The molecule has 0 aromatic heterocycles. The van der Waals surface area contributed by atoms with E-state index in [1.54, 1.807) is 19.2 Å². The summed E-state index contributed by atoms with van der Waals surface area (Å²) in [5.41, 5.74) is 6.24. The number of aryl methyl sites for hydroxylation is 1. The Morgan fingerprint density at radius 1 is 1.19 bits per heavy atom. The van der Waals surface area contributed by atoms with Gasteiger partial charge in [-0.15, -0.1) is 0 Å². The third-order valence-corrected chi connectivity index (χ3v) is 6.57. The topological polar surface area (TPSA) is 59.0 Å². The van der Waals surface area contributed by atoms with Crippen LogP contribution in [0.3, 0.4) is 0 Å². The molecule has 1 N–H and O–H groups in total. The number of likely N-dealkylation sites (tertiary alicyclic amines) is 1. The van der Waals surface area contributed by atoms with Gasteiger partial charge in [-0.2, -0.15) is 0 Å². The van der Waals surface area contributed by atoms with Crippen LogP contribution in [0.5, 0.6) is 5.75 Å². The quantitative estimate of drug-likeness (QED) is 0.635. The first-order valence-electron chi connectivity index (χ1n) is 11.1. The molecule has 0 spiro atoms. The predicted molar refractivity (Wildman–Crippen MR) is 121 cm³/mol. The Bertz CT molecular complexity index is 995. The smallest absolute Gasteiger partial charge is 0.309 e.